The van der Waals surface area contributed by atoms with E-state index in [0.29, 0.717) is 6.54 Å². The summed E-state index contributed by atoms with van der Waals surface area (Å²) in [4.78, 5) is 15.0. The monoisotopic (exact) mass is 369 g/mol. The molecule has 2 heterocycles. The Morgan fingerprint density at radius 3 is 2.78 bits per heavy atom. The molecule has 1 atom stereocenters. The zero-order valence-corrected chi connectivity index (χ0v) is 16.5. The molecule has 1 spiro atoms. The van der Waals surface area contributed by atoms with Crippen molar-refractivity contribution < 1.29 is 14.1 Å². The second kappa shape index (κ2) is 6.59. The first-order chi connectivity index (χ1) is 13.0. The third-order valence-electron chi connectivity index (χ3n) is 6.03. The highest BCUT2D eigenvalue weighted by molar-refractivity contribution is 5.76. The van der Waals surface area contributed by atoms with Crippen LogP contribution in [-0.2, 0) is 12.0 Å². The highest BCUT2D eigenvalue weighted by Crippen LogP contribution is 2.53. The summed E-state index contributed by atoms with van der Waals surface area (Å²) in [5.74, 6) is 1.66. The Bertz CT molecular complexity index is 850. The normalized spacial score (nSPS) is 18.1. The van der Waals surface area contributed by atoms with Crippen LogP contribution >= 0.6 is 0 Å². The molecule has 144 valence electrons. The molecule has 4 rings (SSSR count). The van der Waals surface area contributed by atoms with Crippen molar-refractivity contribution in [1.82, 2.24) is 15.4 Å². The van der Waals surface area contributed by atoms with Crippen LogP contribution in [0.5, 0.6) is 5.75 Å². The minimum atomic E-state index is -0.0869. The molecule has 6 nitrogen and oxygen atoms in total. The number of nitrogens with zero attached hydrogens (tertiary/aromatic N) is 2. The average molecular weight is 369 g/mol. The fraction of sp³-hybridized carbons (Fsp3) is 0.524. The van der Waals surface area contributed by atoms with Crippen LogP contribution in [0.1, 0.15) is 60.4 Å². The van der Waals surface area contributed by atoms with Crippen LogP contribution in [-0.4, -0.2) is 29.7 Å². The topological polar surface area (TPSA) is 67.6 Å². The zero-order chi connectivity index (χ0) is 19.2. The van der Waals surface area contributed by atoms with E-state index >= 15 is 0 Å². The maximum Gasteiger partial charge on any atom is 0.318 e. The summed E-state index contributed by atoms with van der Waals surface area (Å²) < 4.78 is 10.7. The predicted molar refractivity (Wildman–Crippen MR) is 102 cm³/mol. The van der Waals surface area contributed by atoms with Gasteiger partial charge in [0.1, 0.15) is 11.5 Å². The van der Waals surface area contributed by atoms with Gasteiger partial charge in [-0.1, -0.05) is 18.1 Å². The molecule has 1 unspecified atom stereocenters. The molecule has 1 saturated carbocycles. The number of fused-ring (bicyclic) bond motifs is 2. The highest BCUT2D eigenvalue weighted by Gasteiger charge is 2.50. The number of rotatable bonds is 4. The van der Waals surface area contributed by atoms with E-state index in [9.17, 15) is 4.79 Å². The molecule has 27 heavy (non-hydrogen) atoms. The molecule has 2 aliphatic rings. The summed E-state index contributed by atoms with van der Waals surface area (Å²) in [5.41, 5.74) is 4.51. The van der Waals surface area contributed by atoms with Crippen LogP contribution in [0.3, 0.4) is 0 Å². The molecule has 6 heteroatoms. The number of urea groups is 1. The molecule has 1 aliphatic heterocycles. The maximum atomic E-state index is 13.1. The van der Waals surface area contributed by atoms with Gasteiger partial charge in [-0.15, -0.1) is 0 Å². The van der Waals surface area contributed by atoms with Gasteiger partial charge in [-0.25, -0.2) is 4.79 Å². The number of methoxy groups -OCH3 is 1. The standard InChI is InChI=1S/C21H27N3O3/c1-5-18(19-13(2)23-27-14(19)3)22-20(25)24-11-15-6-7-16(26-4)10-17(15)21(12-24)8-9-21/h6-7,10,18H,5,8-9,11-12H2,1-4H3,(H,22,25). The number of aryl methyl sites for hydroxylation is 2. The number of nitrogens with one attached hydrogen (secondary N) is 1. The SMILES string of the molecule is CCC(NC(=O)N1Cc2ccc(OC)cc2C2(CC2)C1)c1c(C)noc1C. The van der Waals surface area contributed by atoms with Gasteiger partial charge in [0, 0.05) is 24.1 Å². The van der Waals surface area contributed by atoms with Gasteiger partial charge >= 0.3 is 6.03 Å². The van der Waals surface area contributed by atoms with E-state index < -0.39 is 0 Å². The first-order valence-corrected chi connectivity index (χ1v) is 9.63. The molecule has 0 bridgehead atoms. The molecular weight excluding hydrogens is 342 g/mol. The molecule has 0 radical (unpaired) electrons. The fourth-order valence-electron chi connectivity index (χ4n) is 4.35. The zero-order valence-electron chi connectivity index (χ0n) is 16.5. The van der Waals surface area contributed by atoms with E-state index in [4.69, 9.17) is 9.26 Å². The van der Waals surface area contributed by atoms with Crippen molar-refractivity contribution in [3.05, 3.63) is 46.3 Å². The van der Waals surface area contributed by atoms with Gasteiger partial charge in [0.05, 0.1) is 18.8 Å². The Kier molecular flexibility index (Phi) is 4.36. The lowest BCUT2D eigenvalue weighted by Crippen LogP contribution is -2.47. The Morgan fingerprint density at radius 2 is 2.19 bits per heavy atom. The minimum Gasteiger partial charge on any atom is -0.497 e. The molecule has 1 aliphatic carbocycles. The summed E-state index contributed by atoms with van der Waals surface area (Å²) >= 11 is 0. The summed E-state index contributed by atoms with van der Waals surface area (Å²) in [6.07, 6.45) is 3.04. The Labute approximate surface area is 159 Å². The van der Waals surface area contributed by atoms with Crippen molar-refractivity contribution in [2.24, 2.45) is 0 Å². The first-order valence-electron chi connectivity index (χ1n) is 9.63. The summed E-state index contributed by atoms with van der Waals surface area (Å²) in [7, 11) is 1.70. The Morgan fingerprint density at radius 1 is 1.41 bits per heavy atom. The second-order valence-corrected chi connectivity index (χ2v) is 7.81. The van der Waals surface area contributed by atoms with Crippen LogP contribution in [0.2, 0.25) is 0 Å². The van der Waals surface area contributed by atoms with Crippen molar-refractivity contribution in [2.75, 3.05) is 13.7 Å². The number of ether oxygens (including phenoxy) is 1. The third kappa shape index (κ3) is 3.07. The second-order valence-electron chi connectivity index (χ2n) is 7.81. The predicted octanol–water partition coefficient (Wildman–Crippen LogP) is 4.01. The molecule has 0 saturated heterocycles. The summed E-state index contributed by atoms with van der Waals surface area (Å²) in [6, 6.07) is 6.12. The molecule has 2 amide bonds. The molecule has 2 aromatic rings. The maximum absolute atomic E-state index is 13.1. The van der Waals surface area contributed by atoms with Crippen LogP contribution < -0.4 is 10.1 Å². The molecular formula is C21H27N3O3. The van der Waals surface area contributed by atoms with E-state index in [-0.39, 0.29) is 17.5 Å². The van der Waals surface area contributed by atoms with Crippen molar-refractivity contribution in [1.29, 1.82) is 0 Å². The van der Waals surface area contributed by atoms with E-state index in [1.54, 1.807) is 7.11 Å². The van der Waals surface area contributed by atoms with E-state index in [1.807, 2.05) is 24.8 Å². The van der Waals surface area contributed by atoms with Gasteiger partial charge in [0.25, 0.3) is 0 Å². The van der Waals surface area contributed by atoms with Gasteiger partial charge in [-0.3, -0.25) is 0 Å². The number of aromatic nitrogens is 1. The molecule has 1 aromatic carbocycles. The van der Waals surface area contributed by atoms with Crippen molar-refractivity contribution in [3.8, 4) is 5.75 Å². The van der Waals surface area contributed by atoms with Crippen LogP contribution in [0, 0.1) is 13.8 Å². The number of amides is 2. The van der Waals surface area contributed by atoms with Crippen LogP contribution in [0.15, 0.2) is 22.7 Å². The largest absolute Gasteiger partial charge is 0.497 e. The third-order valence-corrected chi connectivity index (χ3v) is 6.03. The van der Waals surface area contributed by atoms with Crippen LogP contribution in [0.25, 0.3) is 0 Å². The summed E-state index contributed by atoms with van der Waals surface area (Å²) in [6.45, 7) is 7.28. The quantitative estimate of drug-likeness (QED) is 0.884. The number of carbonyl (C=O) groups excluding carboxylic acids is 1. The molecule has 1 N–H and O–H groups in total. The Balaban J connectivity index is 1.55. The van der Waals surface area contributed by atoms with E-state index in [1.165, 1.54) is 11.1 Å². The number of hydrogen-bond donors (Lipinski definition) is 1. The van der Waals surface area contributed by atoms with Crippen molar-refractivity contribution in [3.63, 3.8) is 0 Å². The van der Waals surface area contributed by atoms with Crippen molar-refractivity contribution in [2.45, 2.75) is 58.0 Å². The van der Waals surface area contributed by atoms with Crippen LogP contribution in [0.4, 0.5) is 4.79 Å². The number of carbonyl (C=O) groups is 1. The smallest absolute Gasteiger partial charge is 0.318 e. The number of benzene rings is 1. The number of hydrogen-bond acceptors (Lipinski definition) is 4. The average Bonchev–Trinajstić information content (AvgIpc) is 3.36. The first kappa shape index (κ1) is 17.9. The van der Waals surface area contributed by atoms with Gasteiger partial charge in [0.2, 0.25) is 0 Å². The van der Waals surface area contributed by atoms with Gasteiger partial charge in [-0.2, -0.15) is 0 Å². The summed E-state index contributed by atoms with van der Waals surface area (Å²) in [5, 5.41) is 7.23. The Hall–Kier alpha value is -2.50. The van der Waals surface area contributed by atoms with Gasteiger partial charge in [0.15, 0.2) is 0 Å². The minimum absolute atomic E-state index is 0.0189. The fourth-order valence-corrected chi connectivity index (χ4v) is 4.35. The molecule has 1 fully saturated rings. The lowest BCUT2D eigenvalue weighted by Gasteiger charge is -2.36. The van der Waals surface area contributed by atoms with Gasteiger partial charge < -0.3 is 19.5 Å². The highest BCUT2D eigenvalue weighted by atomic mass is 16.5. The van der Waals surface area contributed by atoms with Crippen molar-refractivity contribution >= 4 is 6.03 Å². The molecule has 1 aromatic heterocycles. The lowest BCUT2D eigenvalue weighted by atomic mass is 9.87. The van der Waals surface area contributed by atoms with E-state index in [2.05, 4.69) is 29.5 Å². The van der Waals surface area contributed by atoms with E-state index in [0.717, 1.165) is 48.6 Å². The van der Waals surface area contributed by atoms with Gasteiger partial charge in [-0.05, 0) is 56.4 Å². The lowest BCUT2D eigenvalue weighted by molar-refractivity contribution is 0.179.